The van der Waals surface area contributed by atoms with Crippen LogP contribution < -0.4 is 15.4 Å². The molecule has 2 aromatic rings. The zero-order chi connectivity index (χ0) is 14.7. The summed E-state index contributed by atoms with van der Waals surface area (Å²) in [6.07, 6.45) is 0. The van der Waals surface area contributed by atoms with Gasteiger partial charge in [0.05, 0.1) is 17.3 Å². The van der Waals surface area contributed by atoms with Gasteiger partial charge in [0.15, 0.2) is 0 Å². The number of nitrogens with zero attached hydrogens (tertiary/aromatic N) is 2. The number of hydrogen-bond donors (Lipinski definition) is 2. The van der Waals surface area contributed by atoms with Gasteiger partial charge < -0.3 is 10.1 Å². The topological polar surface area (TPSA) is 68.2 Å². The van der Waals surface area contributed by atoms with E-state index in [0.29, 0.717) is 11.5 Å². The van der Waals surface area contributed by atoms with Crippen molar-refractivity contribution >= 4 is 33.5 Å². The lowest BCUT2D eigenvalue weighted by Gasteiger charge is -2.08. The molecular formula is C13H15BrN4O2. The van der Waals surface area contributed by atoms with Crippen molar-refractivity contribution in [2.24, 2.45) is 7.05 Å². The number of hydrogen-bond acceptors (Lipinski definition) is 3. The number of methoxy groups -OCH3 is 1. The first kappa shape index (κ1) is 14.4. The summed E-state index contributed by atoms with van der Waals surface area (Å²) in [5.41, 5.74) is 1.49. The molecule has 2 amide bonds. The lowest BCUT2D eigenvalue weighted by molar-refractivity contribution is 0.262. The molecule has 7 heteroatoms. The zero-order valence-corrected chi connectivity index (χ0v) is 13.0. The SMILES string of the molecule is COc1ccc(NC(=O)Nc2c(Br)c(C)nn2C)cc1. The fourth-order valence-corrected chi connectivity index (χ4v) is 2.15. The highest BCUT2D eigenvalue weighted by Crippen LogP contribution is 2.25. The number of aryl methyl sites for hydroxylation is 2. The van der Waals surface area contributed by atoms with Gasteiger partial charge in [-0.1, -0.05) is 0 Å². The van der Waals surface area contributed by atoms with E-state index in [2.05, 4.69) is 31.7 Å². The minimum atomic E-state index is -0.334. The summed E-state index contributed by atoms with van der Waals surface area (Å²) in [6.45, 7) is 1.86. The minimum absolute atomic E-state index is 0.334. The quantitative estimate of drug-likeness (QED) is 0.903. The molecule has 1 aromatic carbocycles. The first-order valence-electron chi connectivity index (χ1n) is 5.92. The van der Waals surface area contributed by atoms with E-state index in [1.807, 2.05) is 6.92 Å². The van der Waals surface area contributed by atoms with Gasteiger partial charge in [-0.05, 0) is 47.1 Å². The van der Waals surface area contributed by atoms with E-state index in [1.54, 1.807) is 43.1 Å². The van der Waals surface area contributed by atoms with Gasteiger partial charge in [-0.2, -0.15) is 5.10 Å². The average Bonchev–Trinajstić information content (AvgIpc) is 2.66. The maximum absolute atomic E-state index is 11.9. The van der Waals surface area contributed by atoms with Crippen LogP contribution in [-0.4, -0.2) is 22.9 Å². The number of urea groups is 1. The Hall–Kier alpha value is -2.02. The third-order valence-corrected chi connectivity index (χ3v) is 3.68. The molecule has 0 unspecified atom stereocenters. The Morgan fingerprint density at radius 1 is 1.30 bits per heavy atom. The summed E-state index contributed by atoms with van der Waals surface area (Å²) in [5.74, 6) is 1.34. The molecule has 0 bridgehead atoms. The van der Waals surface area contributed by atoms with Crippen molar-refractivity contribution in [3.05, 3.63) is 34.4 Å². The van der Waals surface area contributed by atoms with E-state index in [1.165, 1.54) is 0 Å². The van der Waals surface area contributed by atoms with Crippen molar-refractivity contribution in [2.45, 2.75) is 6.92 Å². The summed E-state index contributed by atoms with van der Waals surface area (Å²) >= 11 is 3.39. The van der Waals surface area contributed by atoms with E-state index in [0.717, 1.165) is 15.9 Å². The molecule has 0 saturated carbocycles. The van der Waals surface area contributed by atoms with Gasteiger partial charge >= 0.3 is 6.03 Å². The Morgan fingerprint density at radius 3 is 2.45 bits per heavy atom. The van der Waals surface area contributed by atoms with Gasteiger partial charge in [-0.3, -0.25) is 10.00 Å². The summed E-state index contributed by atoms with van der Waals surface area (Å²) in [5, 5.41) is 9.69. The second-order valence-corrected chi connectivity index (χ2v) is 4.97. The van der Waals surface area contributed by atoms with Gasteiger partial charge in [-0.15, -0.1) is 0 Å². The number of rotatable bonds is 3. The molecule has 1 heterocycles. The zero-order valence-electron chi connectivity index (χ0n) is 11.4. The molecule has 0 aliphatic rings. The molecule has 2 rings (SSSR count). The van der Waals surface area contributed by atoms with Gasteiger partial charge in [0.2, 0.25) is 0 Å². The van der Waals surface area contributed by atoms with Crippen LogP contribution in [0.25, 0.3) is 0 Å². The van der Waals surface area contributed by atoms with Gasteiger partial charge in [0.25, 0.3) is 0 Å². The Kier molecular flexibility index (Phi) is 4.29. The monoisotopic (exact) mass is 338 g/mol. The van der Waals surface area contributed by atoms with Crippen molar-refractivity contribution in [3.8, 4) is 5.75 Å². The predicted octanol–water partition coefficient (Wildman–Crippen LogP) is 3.14. The first-order valence-corrected chi connectivity index (χ1v) is 6.71. The van der Waals surface area contributed by atoms with E-state index in [9.17, 15) is 4.79 Å². The number of anilines is 2. The Balaban J connectivity index is 2.05. The number of ether oxygens (including phenoxy) is 1. The summed E-state index contributed by atoms with van der Waals surface area (Å²) in [7, 11) is 3.36. The molecule has 0 aliphatic carbocycles. The Morgan fingerprint density at radius 2 is 1.95 bits per heavy atom. The largest absolute Gasteiger partial charge is 0.497 e. The van der Waals surface area contributed by atoms with Crippen LogP contribution >= 0.6 is 15.9 Å². The normalized spacial score (nSPS) is 10.2. The number of benzene rings is 1. The molecule has 0 atom stereocenters. The van der Waals surface area contributed by atoms with Crippen LogP contribution in [0.2, 0.25) is 0 Å². The lowest BCUT2D eigenvalue weighted by atomic mass is 10.3. The first-order chi connectivity index (χ1) is 9.51. The third-order valence-electron chi connectivity index (χ3n) is 2.73. The molecule has 106 valence electrons. The molecular weight excluding hydrogens is 324 g/mol. The maximum Gasteiger partial charge on any atom is 0.324 e. The molecule has 1 aromatic heterocycles. The smallest absolute Gasteiger partial charge is 0.324 e. The number of aromatic nitrogens is 2. The summed E-state index contributed by atoms with van der Waals surface area (Å²) in [4.78, 5) is 11.9. The molecule has 0 spiro atoms. The van der Waals surface area contributed by atoms with Gasteiger partial charge in [-0.25, -0.2) is 4.79 Å². The Labute approximate surface area is 125 Å². The third kappa shape index (κ3) is 3.11. The number of halogens is 1. The number of amides is 2. The fourth-order valence-electron chi connectivity index (χ4n) is 1.71. The lowest BCUT2D eigenvalue weighted by Crippen LogP contribution is -2.21. The van der Waals surface area contributed by atoms with Crippen LogP contribution in [0.5, 0.6) is 5.75 Å². The highest BCUT2D eigenvalue weighted by molar-refractivity contribution is 9.10. The van der Waals surface area contributed by atoms with Gasteiger partial charge in [0, 0.05) is 12.7 Å². The van der Waals surface area contributed by atoms with Crippen LogP contribution in [0, 0.1) is 6.92 Å². The van der Waals surface area contributed by atoms with Crippen LogP contribution in [0.4, 0.5) is 16.3 Å². The molecule has 20 heavy (non-hydrogen) atoms. The van der Waals surface area contributed by atoms with Crippen LogP contribution in [0.1, 0.15) is 5.69 Å². The van der Waals surface area contributed by atoms with Crippen LogP contribution in [0.3, 0.4) is 0 Å². The summed E-state index contributed by atoms with van der Waals surface area (Å²) in [6, 6.07) is 6.75. The number of carbonyl (C=O) groups is 1. The molecule has 0 saturated heterocycles. The maximum atomic E-state index is 11.9. The molecule has 0 radical (unpaired) electrons. The fraction of sp³-hybridized carbons (Fsp3) is 0.231. The van der Waals surface area contributed by atoms with Crippen molar-refractivity contribution in [1.82, 2.24) is 9.78 Å². The standard InChI is InChI=1S/C13H15BrN4O2/c1-8-11(14)12(18(2)17-8)16-13(19)15-9-4-6-10(20-3)7-5-9/h4-7H,1-3H3,(H2,15,16,19). The second-order valence-electron chi connectivity index (χ2n) is 4.18. The van der Waals surface area contributed by atoms with E-state index < -0.39 is 0 Å². The van der Waals surface area contributed by atoms with Crippen LogP contribution in [-0.2, 0) is 7.05 Å². The molecule has 2 N–H and O–H groups in total. The predicted molar refractivity (Wildman–Crippen MR) is 81.3 cm³/mol. The molecule has 0 fully saturated rings. The van der Waals surface area contributed by atoms with E-state index in [4.69, 9.17) is 4.74 Å². The number of nitrogens with one attached hydrogen (secondary N) is 2. The van der Waals surface area contributed by atoms with E-state index >= 15 is 0 Å². The molecule has 0 aliphatic heterocycles. The highest BCUT2D eigenvalue weighted by Gasteiger charge is 2.13. The van der Waals surface area contributed by atoms with Crippen molar-refractivity contribution in [3.63, 3.8) is 0 Å². The molecule has 6 nitrogen and oxygen atoms in total. The van der Waals surface area contributed by atoms with Crippen molar-refractivity contribution in [2.75, 3.05) is 17.7 Å². The highest BCUT2D eigenvalue weighted by atomic mass is 79.9. The van der Waals surface area contributed by atoms with Crippen molar-refractivity contribution < 1.29 is 9.53 Å². The van der Waals surface area contributed by atoms with E-state index in [-0.39, 0.29) is 6.03 Å². The summed E-state index contributed by atoms with van der Waals surface area (Å²) < 4.78 is 7.43. The Bertz CT molecular complexity index is 622. The number of carbonyl (C=O) groups excluding carboxylic acids is 1. The average molecular weight is 339 g/mol. The van der Waals surface area contributed by atoms with Crippen LogP contribution in [0.15, 0.2) is 28.7 Å². The minimum Gasteiger partial charge on any atom is -0.497 e. The van der Waals surface area contributed by atoms with Gasteiger partial charge in [0.1, 0.15) is 11.6 Å². The van der Waals surface area contributed by atoms with Crippen molar-refractivity contribution in [1.29, 1.82) is 0 Å². The second kappa shape index (κ2) is 5.96.